The van der Waals surface area contributed by atoms with Crippen LogP contribution in [0.5, 0.6) is 0 Å². The Morgan fingerprint density at radius 3 is 2.50 bits per heavy atom. The molecule has 2 heteroatoms. The maximum Gasteiger partial charge on any atom is 0.0907 e. The topological polar surface area (TPSA) is 0 Å². The van der Waals surface area contributed by atoms with Gasteiger partial charge in [0.2, 0.25) is 0 Å². The van der Waals surface area contributed by atoms with Crippen LogP contribution < -0.4 is 0 Å². The minimum Gasteiger partial charge on any atom is -0.138 e. The molecule has 80 valence electrons. The molecule has 0 radical (unpaired) electrons. The summed E-state index contributed by atoms with van der Waals surface area (Å²) in [4.78, 5) is 0. The van der Waals surface area contributed by atoms with Gasteiger partial charge in [0.25, 0.3) is 0 Å². The standard InChI is InChI=1S/C14H12S2/c1-3-10-4-2-6-12-13(10)11(5-1)9-14(12)15-7-8-16-14/h1-6H,7-9H2. The number of hydrogen-bond acceptors (Lipinski definition) is 2. The van der Waals surface area contributed by atoms with Crippen molar-refractivity contribution >= 4 is 34.3 Å². The first-order chi connectivity index (χ1) is 7.89. The molecule has 1 saturated heterocycles. The first kappa shape index (κ1) is 9.43. The van der Waals surface area contributed by atoms with E-state index in [0.29, 0.717) is 4.08 Å². The molecule has 0 saturated carbocycles. The van der Waals surface area contributed by atoms with Crippen molar-refractivity contribution in [3.63, 3.8) is 0 Å². The Labute approximate surface area is 104 Å². The van der Waals surface area contributed by atoms with E-state index in [9.17, 15) is 0 Å². The van der Waals surface area contributed by atoms with Crippen molar-refractivity contribution in [2.24, 2.45) is 0 Å². The minimum absolute atomic E-state index is 0.350. The molecule has 2 aliphatic rings. The fourth-order valence-corrected chi connectivity index (χ4v) is 6.27. The molecule has 2 aromatic carbocycles. The van der Waals surface area contributed by atoms with Gasteiger partial charge in [0.05, 0.1) is 4.08 Å². The van der Waals surface area contributed by atoms with Gasteiger partial charge in [-0.15, -0.1) is 23.5 Å². The molecule has 0 nitrogen and oxygen atoms in total. The fourth-order valence-electron chi connectivity index (χ4n) is 2.94. The SMILES string of the molecule is c1cc2c3c(cccc3c1)C1(C2)SCCS1. The number of fused-ring (bicyclic) bond motifs is 1. The van der Waals surface area contributed by atoms with E-state index in [1.54, 1.807) is 11.1 Å². The van der Waals surface area contributed by atoms with Crippen LogP contribution in [0.2, 0.25) is 0 Å². The molecule has 0 unspecified atom stereocenters. The van der Waals surface area contributed by atoms with Gasteiger partial charge >= 0.3 is 0 Å². The summed E-state index contributed by atoms with van der Waals surface area (Å²) >= 11 is 4.29. The fraction of sp³-hybridized carbons (Fsp3) is 0.286. The Morgan fingerprint density at radius 2 is 1.69 bits per heavy atom. The lowest BCUT2D eigenvalue weighted by molar-refractivity contribution is 0.927. The first-order valence-corrected chi connectivity index (χ1v) is 7.65. The Kier molecular flexibility index (Phi) is 1.89. The van der Waals surface area contributed by atoms with Gasteiger partial charge in [-0.05, 0) is 21.9 Å². The summed E-state index contributed by atoms with van der Waals surface area (Å²) < 4.78 is 0.350. The van der Waals surface area contributed by atoms with E-state index in [0.717, 1.165) is 0 Å². The highest BCUT2D eigenvalue weighted by molar-refractivity contribution is 8.20. The van der Waals surface area contributed by atoms with Crippen LogP contribution in [0.25, 0.3) is 10.8 Å². The molecule has 0 N–H and O–H groups in total. The first-order valence-electron chi connectivity index (χ1n) is 5.68. The zero-order valence-corrected chi connectivity index (χ0v) is 10.5. The molecule has 1 heterocycles. The lowest BCUT2D eigenvalue weighted by atomic mass is 10.1. The molecule has 16 heavy (non-hydrogen) atoms. The van der Waals surface area contributed by atoms with Crippen LogP contribution in [-0.2, 0) is 10.5 Å². The summed E-state index contributed by atoms with van der Waals surface area (Å²) in [6, 6.07) is 13.5. The third kappa shape index (κ3) is 1.09. The van der Waals surface area contributed by atoms with Gasteiger partial charge in [0, 0.05) is 17.9 Å². The van der Waals surface area contributed by atoms with Crippen molar-refractivity contribution in [2.45, 2.75) is 10.5 Å². The Bertz CT molecular complexity index is 563. The highest BCUT2D eigenvalue weighted by atomic mass is 32.2. The zero-order chi connectivity index (χ0) is 10.6. The predicted octanol–water partition coefficient (Wildman–Crippen LogP) is 4.03. The Hall–Kier alpha value is -0.600. The normalized spacial score (nSPS) is 21.0. The van der Waals surface area contributed by atoms with E-state index in [1.807, 2.05) is 0 Å². The van der Waals surface area contributed by atoms with E-state index >= 15 is 0 Å². The van der Waals surface area contributed by atoms with Gasteiger partial charge in [-0.2, -0.15) is 0 Å². The van der Waals surface area contributed by atoms with Crippen LogP contribution in [0.4, 0.5) is 0 Å². The van der Waals surface area contributed by atoms with Gasteiger partial charge in [-0.25, -0.2) is 0 Å². The van der Waals surface area contributed by atoms with Crippen molar-refractivity contribution in [2.75, 3.05) is 11.5 Å². The highest BCUT2D eigenvalue weighted by Gasteiger charge is 2.43. The van der Waals surface area contributed by atoms with Crippen molar-refractivity contribution < 1.29 is 0 Å². The lowest BCUT2D eigenvalue weighted by Crippen LogP contribution is -2.12. The Balaban J connectivity index is 2.08. The third-order valence-electron chi connectivity index (χ3n) is 3.58. The third-order valence-corrected chi connectivity index (χ3v) is 7.02. The molecule has 1 aliphatic heterocycles. The van der Waals surface area contributed by atoms with Crippen LogP contribution in [0.1, 0.15) is 11.1 Å². The van der Waals surface area contributed by atoms with Crippen LogP contribution in [0.3, 0.4) is 0 Å². The predicted molar refractivity (Wildman–Crippen MR) is 74.2 cm³/mol. The van der Waals surface area contributed by atoms with Crippen molar-refractivity contribution in [1.29, 1.82) is 0 Å². The molecule has 1 aliphatic carbocycles. The molecule has 4 rings (SSSR count). The highest BCUT2D eigenvalue weighted by Crippen LogP contribution is 2.59. The summed E-state index contributed by atoms with van der Waals surface area (Å²) in [5, 5.41) is 2.95. The average molecular weight is 244 g/mol. The summed E-state index contributed by atoms with van der Waals surface area (Å²) in [6.07, 6.45) is 1.22. The largest absolute Gasteiger partial charge is 0.138 e. The zero-order valence-electron chi connectivity index (χ0n) is 8.90. The van der Waals surface area contributed by atoms with Crippen molar-refractivity contribution in [3.05, 3.63) is 47.5 Å². The molecule has 0 atom stereocenters. The second-order valence-corrected chi connectivity index (χ2v) is 7.49. The smallest absolute Gasteiger partial charge is 0.0907 e. The summed E-state index contributed by atoms with van der Waals surface area (Å²) in [5.74, 6) is 2.60. The molecule has 0 amide bonds. The van der Waals surface area contributed by atoms with Gasteiger partial charge in [-0.1, -0.05) is 36.4 Å². The van der Waals surface area contributed by atoms with E-state index in [2.05, 4.69) is 59.9 Å². The molecule has 2 aromatic rings. The molecule has 0 bridgehead atoms. The second kappa shape index (κ2) is 3.21. The van der Waals surface area contributed by atoms with Gasteiger partial charge < -0.3 is 0 Å². The monoisotopic (exact) mass is 244 g/mol. The van der Waals surface area contributed by atoms with Gasteiger partial charge in [0.1, 0.15) is 0 Å². The van der Waals surface area contributed by atoms with Crippen LogP contribution >= 0.6 is 23.5 Å². The average Bonchev–Trinajstić information content (AvgIpc) is 2.89. The summed E-state index contributed by atoms with van der Waals surface area (Å²) in [7, 11) is 0. The molecule has 1 fully saturated rings. The van der Waals surface area contributed by atoms with E-state index < -0.39 is 0 Å². The minimum atomic E-state index is 0.350. The maximum absolute atomic E-state index is 2.34. The second-order valence-electron chi connectivity index (χ2n) is 4.45. The molecule has 0 aromatic heterocycles. The molecular formula is C14H12S2. The van der Waals surface area contributed by atoms with Crippen LogP contribution in [0, 0.1) is 0 Å². The maximum atomic E-state index is 2.34. The van der Waals surface area contributed by atoms with Crippen molar-refractivity contribution in [3.8, 4) is 0 Å². The van der Waals surface area contributed by atoms with Gasteiger partial charge in [-0.3, -0.25) is 0 Å². The molecular weight excluding hydrogens is 232 g/mol. The number of hydrogen-bond donors (Lipinski definition) is 0. The van der Waals surface area contributed by atoms with Crippen molar-refractivity contribution in [1.82, 2.24) is 0 Å². The quantitative estimate of drug-likeness (QED) is 0.686. The van der Waals surface area contributed by atoms with E-state index in [1.165, 1.54) is 28.7 Å². The number of rotatable bonds is 0. The number of thioether (sulfide) groups is 2. The number of benzene rings is 2. The molecule has 1 spiro atoms. The van der Waals surface area contributed by atoms with E-state index in [-0.39, 0.29) is 0 Å². The summed E-state index contributed by atoms with van der Waals surface area (Å²) in [5.41, 5.74) is 3.13. The lowest BCUT2D eigenvalue weighted by Gasteiger charge is -2.22. The summed E-state index contributed by atoms with van der Waals surface area (Å²) in [6.45, 7) is 0. The van der Waals surface area contributed by atoms with Crippen LogP contribution in [0.15, 0.2) is 36.4 Å². The van der Waals surface area contributed by atoms with E-state index in [4.69, 9.17) is 0 Å². The van der Waals surface area contributed by atoms with Gasteiger partial charge in [0.15, 0.2) is 0 Å². The van der Waals surface area contributed by atoms with Crippen LogP contribution in [-0.4, -0.2) is 11.5 Å². The Morgan fingerprint density at radius 1 is 0.938 bits per heavy atom.